The first-order chi connectivity index (χ1) is 11.0. The third kappa shape index (κ3) is 3.45. The van der Waals surface area contributed by atoms with Gasteiger partial charge in [-0.1, -0.05) is 13.0 Å². The molecule has 1 aromatic heterocycles. The number of nitrogen functional groups attached to an aromatic ring is 1. The first-order valence-electron chi connectivity index (χ1n) is 7.22. The maximum absolute atomic E-state index is 12.5. The van der Waals surface area contributed by atoms with E-state index in [-0.39, 0.29) is 23.0 Å². The Balaban J connectivity index is 2.31. The lowest BCUT2D eigenvalue weighted by atomic mass is 10.0. The fraction of sp³-hybridized carbons (Fsp3) is 0.250. The van der Waals surface area contributed by atoms with Crippen LogP contribution in [0.3, 0.4) is 0 Å². The van der Waals surface area contributed by atoms with Crippen LogP contribution < -0.4 is 11.1 Å². The summed E-state index contributed by atoms with van der Waals surface area (Å²) in [5.74, 6) is -0.568. The van der Waals surface area contributed by atoms with Crippen LogP contribution in [-0.4, -0.2) is 15.8 Å². The zero-order chi connectivity index (χ0) is 17.0. The summed E-state index contributed by atoms with van der Waals surface area (Å²) in [7, 11) is 0. The van der Waals surface area contributed by atoms with Crippen molar-refractivity contribution in [3.63, 3.8) is 0 Å². The average Bonchev–Trinajstić information content (AvgIpc) is 2.54. The van der Waals surface area contributed by atoms with E-state index in [1.165, 1.54) is 18.2 Å². The second-order valence-electron chi connectivity index (χ2n) is 5.12. The first-order valence-corrected chi connectivity index (χ1v) is 7.22. The number of aryl methyl sites for hydroxylation is 1. The molecule has 0 spiro atoms. The molecule has 0 bridgehead atoms. The van der Waals surface area contributed by atoms with E-state index in [0.29, 0.717) is 0 Å². The minimum atomic E-state index is -0.611. The number of benzene rings is 1. The largest absolute Gasteiger partial charge is 0.398 e. The Hall–Kier alpha value is -2.96. The van der Waals surface area contributed by atoms with Gasteiger partial charge in [0.2, 0.25) is 0 Å². The Morgan fingerprint density at radius 3 is 2.83 bits per heavy atom. The van der Waals surface area contributed by atoms with Crippen molar-refractivity contribution < 1.29 is 9.72 Å². The van der Waals surface area contributed by atoms with E-state index >= 15 is 0 Å². The third-order valence-corrected chi connectivity index (χ3v) is 3.63. The minimum Gasteiger partial charge on any atom is -0.398 e. The van der Waals surface area contributed by atoms with Crippen LogP contribution in [-0.2, 0) is 6.42 Å². The number of nitrogens with one attached hydrogen (secondary N) is 1. The Labute approximate surface area is 133 Å². The number of carbonyl (C=O) groups is 1. The van der Waals surface area contributed by atoms with Crippen LogP contribution in [0.4, 0.5) is 11.4 Å². The zero-order valence-corrected chi connectivity index (χ0v) is 12.9. The summed E-state index contributed by atoms with van der Waals surface area (Å²) in [6.45, 7) is 3.81. The zero-order valence-electron chi connectivity index (χ0n) is 12.9. The van der Waals surface area contributed by atoms with Crippen molar-refractivity contribution in [3.05, 3.63) is 63.5 Å². The molecule has 1 amide bonds. The summed E-state index contributed by atoms with van der Waals surface area (Å²) in [5.41, 5.74) is 7.35. The number of nitro benzene ring substituents is 1. The highest BCUT2D eigenvalue weighted by Crippen LogP contribution is 2.25. The number of pyridine rings is 1. The van der Waals surface area contributed by atoms with Gasteiger partial charge in [0.15, 0.2) is 0 Å². The van der Waals surface area contributed by atoms with Crippen molar-refractivity contribution in [2.75, 3.05) is 5.73 Å². The molecule has 1 unspecified atom stereocenters. The molecule has 3 N–H and O–H groups in total. The maximum atomic E-state index is 12.5. The first kappa shape index (κ1) is 16.4. The van der Waals surface area contributed by atoms with Crippen LogP contribution in [0, 0.1) is 10.1 Å². The number of nitrogens with two attached hydrogens (primary N) is 1. The molecule has 0 saturated carbocycles. The second-order valence-corrected chi connectivity index (χ2v) is 5.12. The standard InChI is InChI=1S/C16H18N4O3/c1-3-11-9-18-8-7-12(11)10(2)19-16(21)15-13(17)5-4-6-14(15)20(22)23/h4-10H,3,17H2,1-2H3,(H,19,21). The predicted molar refractivity (Wildman–Crippen MR) is 87.0 cm³/mol. The summed E-state index contributed by atoms with van der Waals surface area (Å²) in [5, 5.41) is 13.9. The van der Waals surface area contributed by atoms with E-state index in [9.17, 15) is 14.9 Å². The number of nitro groups is 1. The summed E-state index contributed by atoms with van der Waals surface area (Å²) in [6.07, 6.45) is 4.17. The number of hydrogen-bond acceptors (Lipinski definition) is 5. The Morgan fingerprint density at radius 1 is 1.43 bits per heavy atom. The normalized spacial score (nSPS) is 11.7. The number of aromatic nitrogens is 1. The van der Waals surface area contributed by atoms with Crippen molar-refractivity contribution in [1.29, 1.82) is 0 Å². The molecule has 0 radical (unpaired) electrons. The van der Waals surface area contributed by atoms with Gasteiger partial charge in [0, 0.05) is 18.5 Å². The molecule has 0 saturated heterocycles. The predicted octanol–water partition coefficient (Wildman–Crippen LogP) is 2.63. The van der Waals surface area contributed by atoms with Gasteiger partial charge < -0.3 is 11.1 Å². The highest BCUT2D eigenvalue weighted by Gasteiger charge is 2.24. The SMILES string of the molecule is CCc1cnccc1C(C)NC(=O)c1c(N)cccc1[N+](=O)[O-]. The molecular formula is C16H18N4O3. The highest BCUT2D eigenvalue weighted by atomic mass is 16.6. The van der Waals surface area contributed by atoms with E-state index in [0.717, 1.165) is 17.5 Å². The lowest BCUT2D eigenvalue weighted by Gasteiger charge is -2.17. The molecule has 23 heavy (non-hydrogen) atoms. The van der Waals surface area contributed by atoms with Crippen molar-refractivity contribution in [1.82, 2.24) is 10.3 Å². The van der Waals surface area contributed by atoms with Gasteiger partial charge >= 0.3 is 0 Å². The molecular weight excluding hydrogens is 296 g/mol. The minimum absolute atomic E-state index is 0.0781. The Bertz CT molecular complexity index is 746. The van der Waals surface area contributed by atoms with E-state index < -0.39 is 10.8 Å². The van der Waals surface area contributed by atoms with Gasteiger partial charge in [-0.05, 0) is 36.6 Å². The van der Waals surface area contributed by atoms with Crippen molar-refractivity contribution >= 4 is 17.3 Å². The quantitative estimate of drug-likeness (QED) is 0.500. The molecule has 0 aliphatic heterocycles. The van der Waals surface area contributed by atoms with Crippen LogP contribution in [0.1, 0.15) is 41.4 Å². The lowest BCUT2D eigenvalue weighted by Crippen LogP contribution is -2.28. The Kier molecular flexibility index (Phi) is 4.90. The summed E-state index contributed by atoms with van der Waals surface area (Å²) in [4.78, 5) is 27.0. The van der Waals surface area contributed by atoms with Crippen LogP contribution in [0.25, 0.3) is 0 Å². The lowest BCUT2D eigenvalue weighted by molar-refractivity contribution is -0.385. The molecule has 2 rings (SSSR count). The van der Waals surface area contributed by atoms with E-state index in [4.69, 9.17) is 5.73 Å². The number of anilines is 1. The average molecular weight is 314 g/mol. The molecule has 1 aromatic carbocycles. The summed E-state index contributed by atoms with van der Waals surface area (Å²) < 4.78 is 0. The third-order valence-electron chi connectivity index (χ3n) is 3.63. The fourth-order valence-electron chi connectivity index (χ4n) is 2.46. The molecule has 1 heterocycles. The van der Waals surface area contributed by atoms with Gasteiger partial charge in [-0.3, -0.25) is 19.9 Å². The van der Waals surface area contributed by atoms with Crippen molar-refractivity contribution in [2.24, 2.45) is 0 Å². The summed E-state index contributed by atoms with van der Waals surface area (Å²) >= 11 is 0. The molecule has 120 valence electrons. The number of rotatable bonds is 5. The fourth-order valence-corrected chi connectivity index (χ4v) is 2.46. The smallest absolute Gasteiger partial charge is 0.284 e. The maximum Gasteiger partial charge on any atom is 0.284 e. The number of hydrogen-bond donors (Lipinski definition) is 2. The monoisotopic (exact) mass is 314 g/mol. The molecule has 0 fully saturated rings. The van der Waals surface area contributed by atoms with Gasteiger partial charge in [0.1, 0.15) is 5.56 Å². The van der Waals surface area contributed by atoms with Gasteiger partial charge in [-0.25, -0.2) is 0 Å². The molecule has 0 aliphatic carbocycles. The number of amides is 1. The molecule has 7 heteroatoms. The number of nitrogens with zero attached hydrogens (tertiary/aromatic N) is 2. The van der Waals surface area contributed by atoms with Gasteiger partial charge in [-0.2, -0.15) is 0 Å². The highest BCUT2D eigenvalue weighted by molar-refractivity contribution is 6.03. The Morgan fingerprint density at radius 2 is 2.17 bits per heavy atom. The second kappa shape index (κ2) is 6.87. The summed E-state index contributed by atoms with van der Waals surface area (Å²) in [6, 6.07) is 5.69. The van der Waals surface area contributed by atoms with Gasteiger partial charge in [0.25, 0.3) is 11.6 Å². The van der Waals surface area contributed by atoms with E-state index in [2.05, 4.69) is 10.3 Å². The molecule has 0 aliphatic rings. The van der Waals surface area contributed by atoms with Gasteiger partial charge in [0.05, 0.1) is 16.7 Å². The molecule has 1 atom stereocenters. The van der Waals surface area contributed by atoms with Crippen LogP contribution in [0.15, 0.2) is 36.7 Å². The number of carbonyl (C=O) groups excluding carboxylic acids is 1. The van der Waals surface area contributed by atoms with Crippen LogP contribution in [0.5, 0.6) is 0 Å². The van der Waals surface area contributed by atoms with Crippen molar-refractivity contribution in [3.8, 4) is 0 Å². The van der Waals surface area contributed by atoms with Crippen LogP contribution in [0.2, 0.25) is 0 Å². The molecule has 2 aromatic rings. The topological polar surface area (TPSA) is 111 Å². The van der Waals surface area contributed by atoms with Gasteiger partial charge in [-0.15, -0.1) is 0 Å². The van der Waals surface area contributed by atoms with E-state index in [1.807, 2.05) is 19.9 Å². The van der Waals surface area contributed by atoms with Crippen molar-refractivity contribution in [2.45, 2.75) is 26.3 Å². The van der Waals surface area contributed by atoms with E-state index in [1.54, 1.807) is 12.4 Å². The molecule has 7 nitrogen and oxygen atoms in total. The van der Waals surface area contributed by atoms with Crippen LogP contribution >= 0.6 is 0 Å².